The molecule has 2 rings (SSSR count). The van der Waals surface area contributed by atoms with Crippen LogP contribution in [0, 0.1) is 5.92 Å². The van der Waals surface area contributed by atoms with Crippen LogP contribution < -0.4 is 0 Å². The average molecular weight is 320 g/mol. The fourth-order valence-corrected chi connectivity index (χ4v) is 2.81. The van der Waals surface area contributed by atoms with Gasteiger partial charge >= 0.3 is 6.18 Å². The Morgan fingerprint density at radius 3 is 2.86 bits per heavy atom. The van der Waals surface area contributed by atoms with Gasteiger partial charge in [-0.05, 0) is 25.3 Å². The molecule has 5 nitrogen and oxygen atoms in total. The van der Waals surface area contributed by atoms with Gasteiger partial charge in [0.15, 0.2) is 0 Å². The molecule has 1 fully saturated rings. The van der Waals surface area contributed by atoms with Crippen LogP contribution in [0.3, 0.4) is 0 Å². The van der Waals surface area contributed by atoms with Gasteiger partial charge in [-0.15, -0.1) is 10.2 Å². The molecule has 1 aromatic heterocycles. The van der Waals surface area contributed by atoms with Crippen LogP contribution in [0.2, 0.25) is 0 Å². The summed E-state index contributed by atoms with van der Waals surface area (Å²) in [6.45, 7) is 5.33. The normalized spacial score (nSPS) is 20.2. The molecule has 0 spiro atoms. The highest BCUT2D eigenvalue weighted by molar-refractivity contribution is 4.99. The molecule has 0 bridgehead atoms. The molecule has 1 aromatic rings. The van der Waals surface area contributed by atoms with E-state index >= 15 is 0 Å². The number of alkyl halides is 3. The van der Waals surface area contributed by atoms with Crippen molar-refractivity contribution in [2.24, 2.45) is 5.92 Å². The Morgan fingerprint density at radius 1 is 1.41 bits per heavy atom. The molecule has 22 heavy (non-hydrogen) atoms. The highest BCUT2D eigenvalue weighted by Gasteiger charge is 2.31. The maximum absolute atomic E-state index is 12.1. The van der Waals surface area contributed by atoms with Crippen LogP contribution >= 0.6 is 0 Å². The van der Waals surface area contributed by atoms with Gasteiger partial charge in [0.05, 0.1) is 12.6 Å². The molecule has 8 heteroatoms. The summed E-state index contributed by atoms with van der Waals surface area (Å²) in [5.74, 6) is 1.39. The maximum atomic E-state index is 12.1. The lowest BCUT2D eigenvalue weighted by Crippen LogP contribution is -2.30. The Bertz CT molecular complexity index is 461. The minimum absolute atomic E-state index is 0.0777. The van der Waals surface area contributed by atoms with Crippen molar-refractivity contribution in [2.75, 3.05) is 26.3 Å². The van der Waals surface area contributed by atoms with E-state index in [4.69, 9.17) is 4.74 Å². The Hall–Kier alpha value is -1.15. The number of nitrogens with zero attached hydrogens (tertiary/aromatic N) is 4. The molecule has 0 amide bonds. The van der Waals surface area contributed by atoms with E-state index in [2.05, 4.69) is 28.9 Å². The third-order valence-electron chi connectivity index (χ3n) is 3.66. The minimum Gasteiger partial charge on any atom is -0.371 e. The van der Waals surface area contributed by atoms with Gasteiger partial charge in [-0.1, -0.05) is 13.8 Å². The summed E-state index contributed by atoms with van der Waals surface area (Å²) in [6, 6.07) is 0.121. The predicted molar refractivity (Wildman–Crippen MR) is 75.3 cm³/mol. The van der Waals surface area contributed by atoms with E-state index < -0.39 is 12.8 Å². The minimum atomic E-state index is -4.26. The van der Waals surface area contributed by atoms with E-state index in [9.17, 15) is 13.2 Å². The standard InChI is InChI=1S/C14H23F3N4O/c1-11(2)8-21-10-18-19-13(21)12-4-3-5-20(12)6-7-22-9-14(15,16)17/h10-12H,3-9H2,1-2H3/t12-/m1/s1. The first-order chi connectivity index (χ1) is 10.4. The summed E-state index contributed by atoms with van der Waals surface area (Å²) in [5, 5.41) is 8.21. The second kappa shape index (κ2) is 7.41. The molecule has 1 saturated heterocycles. The van der Waals surface area contributed by atoms with Gasteiger partial charge in [-0.25, -0.2) is 0 Å². The van der Waals surface area contributed by atoms with E-state index in [1.54, 1.807) is 6.33 Å². The zero-order chi connectivity index (χ0) is 16.2. The number of halogens is 3. The summed E-state index contributed by atoms with van der Waals surface area (Å²) in [4.78, 5) is 2.14. The summed E-state index contributed by atoms with van der Waals surface area (Å²) >= 11 is 0. The van der Waals surface area contributed by atoms with Crippen LogP contribution in [-0.2, 0) is 11.3 Å². The zero-order valence-electron chi connectivity index (χ0n) is 13.0. The van der Waals surface area contributed by atoms with Crippen molar-refractivity contribution >= 4 is 0 Å². The number of hydrogen-bond donors (Lipinski definition) is 0. The van der Waals surface area contributed by atoms with Gasteiger partial charge in [0.1, 0.15) is 18.8 Å². The van der Waals surface area contributed by atoms with E-state index in [0.717, 1.165) is 31.8 Å². The molecule has 0 aromatic carbocycles. The summed E-state index contributed by atoms with van der Waals surface area (Å²) in [5.41, 5.74) is 0. The van der Waals surface area contributed by atoms with Crippen LogP contribution in [0.5, 0.6) is 0 Å². The third kappa shape index (κ3) is 4.95. The van der Waals surface area contributed by atoms with Crippen molar-refractivity contribution in [2.45, 2.75) is 45.5 Å². The molecule has 0 unspecified atom stereocenters. The SMILES string of the molecule is CC(C)Cn1cnnc1[C@H]1CCCN1CCOCC(F)(F)F. The maximum Gasteiger partial charge on any atom is 0.411 e. The van der Waals surface area contributed by atoms with Crippen molar-refractivity contribution in [3.8, 4) is 0 Å². The van der Waals surface area contributed by atoms with Crippen molar-refractivity contribution in [3.63, 3.8) is 0 Å². The zero-order valence-corrected chi connectivity index (χ0v) is 13.0. The highest BCUT2D eigenvalue weighted by atomic mass is 19.4. The highest BCUT2D eigenvalue weighted by Crippen LogP contribution is 2.30. The molecule has 2 heterocycles. The third-order valence-corrected chi connectivity index (χ3v) is 3.66. The van der Waals surface area contributed by atoms with E-state index in [1.165, 1.54) is 0 Å². The molecular weight excluding hydrogens is 297 g/mol. The first-order valence-corrected chi connectivity index (χ1v) is 7.63. The van der Waals surface area contributed by atoms with Gasteiger partial charge in [-0.2, -0.15) is 13.2 Å². The average Bonchev–Trinajstić information content (AvgIpc) is 3.01. The van der Waals surface area contributed by atoms with Crippen LogP contribution in [0.15, 0.2) is 6.33 Å². The van der Waals surface area contributed by atoms with E-state index in [-0.39, 0.29) is 12.6 Å². The van der Waals surface area contributed by atoms with Gasteiger partial charge in [0.25, 0.3) is 0 Å². The lowest BCUT2D eigenvalue weighted by Gasteiger charge is -2.24. The fourth-order valence-electron chi connectivity index (χ4n) is 2.81. The van der Waals surface area contributed by atoms with E-state index in [1.807, 2.05) is 4.57 Å². The quantitative estimate of drug-likeness (QED) is 0.725. The summed E-state index contributed by atoms with van der Waals surface area (Å²) < 4.78 is 43.0. The molecule has 126 valence electrons. The predicted octanol–water partition coefficient (Wildman–Crippen LogP) is 2.65. The first-order valence-electron chi connectivity index (χ1n) is 7.63. The lowest BCUT2D eigenvalue weighted by atomic mass is 10.2. The molecule has 1 atom stereocenters. The second-order valence-electron chi connectivity index (χ2n) is 6.10. The van der Waals surface area contributed by atoms with Crippen molar-refractivity contribution in [3.05, 3.63) is 12.2 Å². The number of hydrogen-bond acceptors (Lipinski definition) is 4. The summed E-state index contributed by atoms with van der Waals surface area (Å²) in [7, 11) is 0. The molecule has 0 radical (unpaired) electrons. The monoisotopic (exact) mass is 320 g/mol. The van der Waals surface area contributed by atoms with Crippen LogP contribution in [-0.4, -0.2) is 52.1 Å². The molecular formula is C14H23F3N4O. The number of ether oxygens (including phenoxy) is 1. The molecule has 1 aliphatic rings. The second-order valence-corrected chi connectivity index (χ2v) is 6.10. The number of likely N-dealkylation sites (tertiary alicyclic amines) is 1. The van der Waals surface area contributed by atoms with E-state index in [0.29, 0.717) is 12.5 Å². The Morgan fingerprint density at radius 2 is 2.18 bits per heavy atom. The van der Waals surface area contributed by atoms with Crippen LogP contribution in [0.4, 0.5) is 13.2 Å². The van der Waals surface area contributed by atoms with Gasteiger partial charge in [0, 0.05) is 13.1 Å². The Balaban J connectivity index is 1.89. The number of aromatic nitrogens is 3. The first kappa shape index (κ1) is 17.2. The molecule has 0 aliphatic carbocycles. The van der Waals surface area contributed by atoms with Crippen LogP contribution in [0.25, 0.3) is 0 Å². The lowest BCUT2D eigenvalue weighted by molar-refractivity contribution is -0.174. The molecule has 1 aliphatic heterocycles. The van der Waals surface area contributed by atoms with Crippen molar-refractivity contribution in [1.29, 1.82) is 0 Å². The fraction of sp³-hybridized carbons (Fsp3) is 0.857. The molecule has 0 saturated carbocycles. The van der Waals surface area contributed by atoms with Gasteiger partial charge in [-0.3, -0.25) is 4.90 Å². The van der Waals surface area contributed by atoms with Crippen LogP contribution in [0.1, 0.15) is 38.6 Å². The Kier molecular flexibility index (Phi) is 5.80. The number of rotatable bonds is 7. The Labute approximate surface area is 128 Å². The largest absolute Gasteiger partial charge is 0.411 e. The van der Waals surface area contributed by atoms with Crippen molar-refractivity contribution < 1.29 is 17.9 Å². The van der Waals surface area contributed by atoms with Gasteiger partial charge < -0.3 is 9.30 Å². The topological polar surface area (TPSA) is 43.2 Å². The summed E-state index contributed by atoms with van der Waals surface area (Å²) in [6.07, 6.45) is -0.567. The van der Waals surface area contributed by atoms with Gasteiger partial charge in [0.2, 0.25) is 0 Å². The van der Waals surface area contributed by atoms with Crippen molar-refractivity contribution in [1.82, 2.24) is 19.7 Å². The smallest absolute Gasteiger partial charge is 0.371 e. The molecule has 0 N–H and O–H groups in total.